The fourth-order valence-electron chi connectivity index (χ4n) is 1.52. The number of amides is 1. The first-order valence-electron chi connectivity index (χ1n) is 5.06. The second kappa shape index (κ2) is 3.78. The van der Waals surface area contributed by atoms with Gasteiger partial charge in [0.25, 0.3) is 0 Å². The smallest absolute Gasteiger partial charge is 0.228 e. The molecular formula is C11H14N2O. The van der Waals surface area contributed by atoms with Crippen LogP contribution < -0.4 is 4.90 Å². The SMILES string of the molecule is CCC(=O)N(c1ccccn1)C1CC1. The van der Waals surface area contributed by atoms with Gasteiger partial charge in [0.15, 0.2) is 0 Å². The molecule has 1 aliphatic rings. The number of aromatic nitrogens is 1. The molecule has 0 aliphatic heterocycles. The summed E-state index contributed by atoms with van der Waals surface area (Å²) in [6, 6.07) is 6.08. The normalized spacial score (nSPS) is 15.2. The Morgan fingerprint density at radius 2 is 2.36 bits per heavy atom. The van der Waals surface area contributed by atoms with Crippen molar-refractivity contribution in [2.45, 2.75) is 32.2 Å². The number of anilines is 1. The van der Waals surface area contributed by atoms with Crippen molar-refractivity contribution >= 4 is 11.7 Å². The van der Waals surface area contributed by atoms with E-state index >= 15 is 0 Å². The highest BCUT2D eigenvalue weighted by Crippen LogP contribution is 2.30. The van der Waals surface area contributed by atoms with Crippen LogP contribution in [0.15, 0.2) is 24.4 Å². The fourth-order valence-corrected chi connectivity index (χ4v) is 1.52. The second-order valence-electron chi connectivity index (χ2n) is 3.54. The average molecular weight is 190 g/mol. The lowest BCUT2D eigenvalue weighted by molar-refractivity contribution is -0.118. The summed E-state index contributed by atoms with van der Waals surface area (Å²) in [6.07, 6.45) is 4.51. The van der Waals surface area contributed by atoms with Crippen LogP contribution in [0.25, 0.3) is 0 Å². The Labute approximate surface area is 83.8 Å². The van der Waals surface area contributed by atoms with Crippen LogP contribution in [-0.2, 0) is 4.79 Å². The van der Waals surface area contributed by atoms with Gasteiger partial charge >= 0.3 is 0 Å². The largest absolute Gasteiger partial charge is 0.294 e. The molecule has 0 N–H and O–H groups in total. The highest BCUT2D eigenvalue weighted by molar-refractivity contribution is 5.93. The topological polar surface area (TPSA) is 33.2 Å². The van der Waals surface area contributed by atoms with E-state index in [4.69, 9.17) is 0 Å². The van der Waals surface area contributed by atoms with Crippen LogP contribution in [0.3, 0.4) is 0 Å². The standard InChI is InChI=1S/C11H14N2O/c1-2-11(14)13(9-6-7-9)10-5-3-4-8-12-10/h3-5,8-9H,2,6-7H2,1H3. The third kappa shape index (κ3) is 1.76. The van der Waals surface area contributed by atoms with Gasteiger partial charge in [0, 0.05) is 18.7 Å². The van der Waals surface area contributed by atoms with Crippen LogP contribution in [0.5, 0.6) is 0 Å². The zero-order chi connectivity index (χ0) is 9.97. The van der Waals surface area contributed by atoms with Crippen LogP contribution >= 0.6 is 0 Å². The second-order valence-corrected chi connectivity index (χ2v) is 3.54. The molecule has 1 aromatic rings. The van der Waals surface area contributed by atoms with E-state index in [9.17, 15) is 4.79 Å². The Bertz CT molecular complexity index is 319. The first kappa shape index (κ1) is 9.19. The summed E-state index contributed by atoms with van der Waals surface area (Å²) in [7, 11) is 0. The van der Waals surface area contributed by atoms with E-state index in [-0.39, 0.29) is 5.91 Å². The number of pyridine rings is 1. The Balaban J connectivity index is 2.22. The number of carbonyl (C=O) groups is 1. The molecule has 2 rings (SSSR count). The van der Waals surface area contributed by atoms with Crippen molar-refractivity contribution in [2.24, 2.45) is 0 Å². The van der Waals surface area contributed by atoms with Gasteiger partial charge < -0.3 is 0 Å². The summed E-state index contributed by atoms with van der Waals surface area (Å²) in [6.45, 7) is 1.89. The zero-order valence-electron chi connectivity index (χ0n) is 8.31. The first-order chi connectivity index (χ1) is 6.83. The molecule has 3 heteroatoms. The summed E-state index contributed by atoms with van der Waals surface area (Å²) in [4.78, 5) is 17.7. The van der Waals surface area contributed by atoms with Crippen LogP contribution in [0, 0.1) is 0 Å². The summed E-state index contributed by atoms with van der Waals surface area (Å²) < 4.78 is 0. The van der Waals surface area contributed by atoms with Gasteiger partial charge in [0.2, 0.25) is 5.91 Å². The monoisotopic (exact) mass is 190 g/mol. The van der Waals surface area contributed by atoms with Crippen molar-refractivity contribution in [3.05, 3.63) is 24.4 Å². The van der Waals surface area contributed by atoms with Gasteiger partial charge in [-0.05, 0) is 25.0 Å². The lowest BCUT2D eigenvalue weighted by atomic mass is 10.3. The molecule has 3 nitrogen and oxygen atoms in total. The maximum Gasteiger partial charge on any atom is 0.228 e. The molecule has 1 aliphatic carbocycles. The molecular weight excluding hydrogens is 176 g/mol. The fraction of sp³-hybridized carbons (Fsp3) is 0.455. The Hall–Kier alpha value is -1.38. The molecule has 1 saturated carbocycles. The molecule has 14 heavy (non-hydrogen) atoms. The van der Waals surface area contributed by atoms with E-state index in [1.54, 1.807) is 6.20 Å². The van der Waals surface area contributed by atoms with Crippen LogP contribution in [0.1, 0.15) is 26.2 Å². The van der Waals surface area contributed by atoms with Crippen molar-refractivity contribution in [1.82, 2.24) is 4.98 Å². The van der Waals surface area contributed by atoms with Crippen molar-refractivity contribution in [1.29, 1.82) is 0 Å². The predicted molar refractivity (Wildman–Crippen MR) is 55.0 cm³/mol. The third-order valence-corrected chi connectivity index (χ3v) is 2.38. The van der Waals surface area contributed by atoms with Crippen LogP contribution in [-0.4, -0.2) is 16.9 Å². The minimum absolute atomic E-state index is 0.172. The van der Waals surface area contributed by atoms with Gasteiger partial charge in [-0.1, -0.05) is 13.0 Å². The van der Waals surface area contributed by atoms with E-state index < -0.39 is 0 Å². The summed E-state index contributed by atoms with van der Waals surface area (Å²) in [5.41, 5.74) is 0. The van der Waals surface area contributed by atoms with Gasteiger partial charge in [-0.25, -0.2) is 4.98 Å². The highest BCUT2D eigenvalue weighted by Gasteiger charge is 2.33. The zero-order valence-corrected chi connectivity index (χ0v) is 8.31. The minimum Gasteiger partial charge on any atom is -0.294 e. The Morgan fingerprint density at radius 3 is 2.86 bits per heavy atom. The van der Waals surface area contributed by atoms with E-state index in [2.05, 4.69) is 4.98 Å². The molecule has 1 aromatic heterocycles. The predicted octanol–water partition coefficient (Wildman–Crippen LogP) is 1.99. The molecule has 0 aromatic carbocycles. The number of hydrogen-bond donors (Lipinski definition) is 0. The molecule has 0 saturated heterocycles. The van der Waals surface area contributed by atoms with Gasteiger partial charge in [0.05, 0.1) is 0 Å². The van der Waals surface area contributed by atoms with Gasteiger partial charge in [0.1, 0.15) is 5.82 Å². The van der Waals surface area contributed by atoms with Crippen LogP contribution in [0.2, 0.25) is 0 Å². The van der Waals surface area contributed by atoms with Gasteiger partial charge in [-0.15, -0.1) is 0 Å². The molecule has 0 radical (unpaired) electrons. The molecule has 1 heterocycles. The first-order valence-corrected chi connectivity index (χ1v) is 5.06. The van der Waals surface area contributed by atoms with Crippen molar-refractivity contribution in [2.75, 3.05) is 4.90 Å². The van der Waals surface area contributed by atoms with Crippen molar-refractivity contribution in [3.8, 4) is 0 Å². The van der Waals surface area contributed by atoms with Crippen molar-refractivity contribution in [3.63, 3.8) is 0 Å². The number of nitrogens with zero attached hydrogens (tertiary/aromatic N) is 2. The molecule has 1 amide bonds. The number of carbonyl (C=O) groups excluding carboxylic acids is 1. The van der Waals surface area contributed by atoms with E-state index in [1.807, 2.05) is 30.0 Å². The lowest BCUT2D eigenvalue weighted by Crippen LogP contribution is -2.32. The van der Waals surface area contributed by atoms with Gasteiger partial charge in [-0.3, -0.25) is 9.69 Å². The Morgan fingerprint density at radius 1 is 1.57 bits per heavy atom. The van der Waals surface area contributed by atoms with Gasteiger partial charge in [-0.2, -0.15) is 0 Å². The maximum absolute atomic E-state index is 11.7. The van der Waals surface area contributed by atoms with E-state index in [0.717, 1.165) is 18.7 Å². The molecule has 0 spiro atoms. The van der Waals surface area contributed by atoms with E-state index in [1.165, 1.54) is 0 Å². The molecule has 0 atom stereocenters. The number of hydrogen-bond acceptors (Lipinski definition) is 2. The van der Waals surface area contributed by atoms with E-state index in [0.29, 0.717) is 12.5 Å². The quantitative estimate of drug-likeness (QED) is 0.730. The third-order valence-electron chi connectivity index (χ3n) is 2.38. The number of rotatable bonds is 3. The van der Waals surface area contributed by atoms with Crippen molar-refractivity contribution < 1.29 is 4.79 Å². The molecule has 1 fully saturated rings. The lowest BCUT2D eigenvalue weighted by Gasteiger charge is -2.20. The molecule has 74 valence electrons. The summed E-state index contributed by atoms with van der Waals surface area (Å²) in [5, 5.41) is 0. The summed E-state index contributed by atoms with van der Waals surface area (Å²) in [5.74, 6) is 0.966. The average Bonchev–Trinajstić information content (AvgIpc) is 3.04. The molecule has 0 bridgehead atoms. The Kier molecular flexibility index (Phi) is 2.48. The maximum atomic E-state index is 11.7. The molecule has 0 unspecified atom stereocenters. The highest BCUT2D eigenvalue weighted by atomic mass is 16.2. The van der Waals surface area contributed by atoms with Crippen LogP contribution in [0.4, 0.5) is 5.82 Å². The summed E-state index contributed by atoms with van der Waals surface area (Å²) >= 11 is 0. The minimum atomic E-state index is 0.172.